The molecule has 0 bridgehead atoms. The molecule has 0 heterocycles. The van der Waals surface area contributed by atoms with Crippen LogP contribution >= 0.6 is 11.8 Å². The van der Waals surface area contributed by atoms with Gasteiger partial charge in [0.1, 0.15) is 0 Å². The van der Waals surface area contributed by atoms with Crippen LogP contribution in [0.5, 0.6) is 0 Å². The Morgan fingerprint density at radius 1 is 1.20 bits per heavy atom. The van der Waals surface area contributed by atoms with Crippen LogP contribution in [0.15, 0.2) is 18.2 Å². The maximum atomic E-state index is 3.47. The van der Waals surface area contributed by atoms with Crippen LogP contribution in [-0.2, 0) is 6.54 Å². The van der Waals surface area contributed by atoms with Crippen molar-refractivity contribution in [2.75, 3.05) is 18.6 Å². The first kappa shape index (κ1) is 12.6. The van der Waals surface area contributed by atoms with Gasteiger partial charge in [-0.15, -0.1) is 0 Å². The van der Waals surface area contributed by atoms with Gasteiger partial charge in [0.05, 0.1) is 0 Å². The summed E-state index contributed by atoms with van der Waals surface area (Å²) >= 11 is 1.91. The fraction of sp³-hybridized carbons (Fsp3) is 0.538. The summed E-state index contributed by atoms with van der Waals surface area (Å²) < 4.78 is 0. The molecule has 0 atom stereocenters. The minimum Gasteiger partial charge on any atom is -0.313 e. The Kier molecular flexibility index (Phi) is 5.81. The van der Waals surface area contributed by atoms with Gasteiger partial charge in [0.2, 0.25) is 0 Å². The fourth-order valence-electron chi connectivity index (χ4n) is 1.49. The number of benzene rings is 1. The average Bonchev–Trinajstić information content (AvgIpc) is 2.23. The Bertz CT molecular complexity index is 297. The molecule has 1 aromatic carbocycles. The molecule has 84 valence electrons. The van der Waals surface area contributed by atoms with E-state index >= 15 is 0 Å². The normalized spacial score (nSPS) is 10.6. The van der Waals surface area contributed by atoms with Gasteiger partial charge in [0.25, 0.3) is 0 Å². The minimum absolute atomic E-state index is 0.996. The van der Waals surface area contributed by atoms with Crippen molar-refractivity contribution >= 4 is 11.8 Å². The van der Waals surface area contributed by atoms with Gasteiger partial charge in [-0.1, -0.05) is 18.2 Å². The predicted octanol–water partition coefficient (Wildman–Crippen LogP) is 3.15. The van der Waals surface area contributed by atoms with Gasteiger partial charge >= 0.3 is 0 Å². The molecule has 1 nitrogen and oxygen atoms in total. The van der Waals surface area contributed by atoms with Gasteiger partial charge in [-0.3, -0.25) is 0 Å². The molecule has 0 aliphatic heterocycles. The zero-order valence-electron chi connectivity index (χ0n) is 9.97. The van der Waals surface area contributed by atoms with Gasteiger partial charge in [-0.25, -0.2) is 0 Å². The van der Waals surface area contributed by atoms with E-state index in [4.69, 9.17) is 0 Å². The quantitative estimate of drug-likeness (QED) is 0.744. The first-order valence-electron chi connectivity index (χ1n) is 5.50. The second-order valence-electron chi connectivity index (χ2n) is 3.94. The topological polar surface area (TPSA) is 12.0 Å². The molecule has 0 aliphatic rings. The molecule has 0 saturated carbocycles. The third-order valence-corrected chi connectivity index (χ3v) is 3.30. The van der Waals surface area contributed by atoms with Gasteiger partial charge in [0, 0.05) is 6.54 Å². The number of rotatable bonds is 6. The van der Waals surface area contributed by atoms with E-state index < -0.39 is 0 Å². The Morgan fingerprint density at radius 2 is 2.00 bits per heavy atom. The highest BCUT2D eigenvalue weighted by molar-refractivity contribution is 7.98. The second kappa shape index (κ2) is 6.91. The molecule has 0 radical (unpaired) electrons. The van der Waals surface area contributed by atoms with E-state index in [1.54, 1.807) is 0 Å². The monoisotopic (exact) mass is 223 g/mol. The third kappa shape index (κ3) is 4.72. The van der Waals surface area contributed by atoms with Crippen LogP contribution in [0.2, 0.25) is 0 Å². The van der Waals surface area contributed by atoms with Crippen LogP contribution in [0.4, 0.5) is 0 Å². The lowest BCUT2D eigenvalue weighted by atomic mass is 10.1. The largest absolute Gasteiger partial charge is 0.313 e. The maximum absolute atomic E-state index is 3.47. The van der Waals surface area contributed by atoms with E-state index in [0.717, 1.165) is 13.1 Å². The summed E-state index contributed by atoms with van der Waals surface area (Å²) in [4.78, 5) is 0. The van der Waals surface area contributed by atoms with Crippen molar-refractivity contribution < 1.29 is 0 Å². The second-order valence-corrected chi connectivity index (χ2v) is 4.93. The molecule has 2 heteroatoms. The van der Waals surface area contributed by atoms with Crippen molar-refractivity contribution in [3.8, 4) is 0 Å². The summed E-state index contributed by atoms with van der Waals surface area (Å²) in [5.41, 5.74) is 4.15. The SMILES string of the molecule is CSCCCNCc1ccc(C)c(C)c1. The van der Waals surface area contributed by atoms with Crippen molar-refractivity contribution in [1.29, 1.82) is 0 Å². The zero-order chi connectivity index (χ0) is 11.1. The zero-order valence-corrected chi connectivity index (χ0v) is 10.8. The molecule has 1 aromatic rings. The lowest BCUT2D eigenvalue weighted by Crippen LogP contribution is -2.15. The number of aryl methyl sites for hydroxylation is 2. The summed E-state index contributed by atoms with van der Waals surface area (Å²) in [6.45, 7) is 6.45. The summed E-state index contributed by atoms with van der Waals surface area (Å²) in [5, 5.41) is 3.47. The highest BCUT2D eigenvalue weighted by Crippen LogP contribution is 2.09. The van der Waals surface area contributed by atoms with E-state index in [9.17, 15) is 0 Å². The smallest absolute Gasteiger partial charge is 0.0205 e. The van der Waals surface area contributed by atoms with Crippen molar-refractivity contribution in [2.45, 2.75) is 26.8 Å². The molecule has 15 heavy (non-hydrogen) atoms. The lowest BCUT2D eigenvalue weighted by molar-refractivity contribution is 0.678. The fourth-order valence-corrected chi connectivity index (χ4v) is 1.92. The van der Waals surface area contributed by atoms with Gasteiger partial charge in [-0.05, 0) is 55.5 Å². The third-order valence-electron chi connectivity index (χ3n) is 2.60. The molecule has 0 unspecified atom stereocenters. The van der Waals surface area contributed by atoms with E-state index in [-0.39, 0.29) is 0 Å². The van der Waals surface area contributed by atoms with Gasteiger partial charge < -0.3 is 5.32 Å². The highest BCUT2D eigenvalue weighted by atomic mass is 32.2. The van der Waals surface area contributed by atoms with Crippen molar-refractivity contribution in [3.63, 3.8) is 0 Å². The van der Waals surface area contributed by atoms with Crippen molar-refractivity contribution in [1.82, 2.24) is 5.32 Å². The van der Waals surface area contributed by atoms with Crippen LogP contribution in [0.3, 0.4) is 0 Å². The molecule has 0 amide bonds. The Balaban J connectivity index is 2.28. The molecule has 0 fully saturated rings. The molecule has 1 N–H and O–H groups in total. The molecular formula is C13H21NS. The molecule has 0 spiro atoms. The Hall–Kier alpha value is -0.470. The summed E-state index contributed by atoms with van der Waals surface area (Å²) in [7, 11) is 0. The number of thioether (sulfide) groups is 1. The van der Waals surface area contributed by atoms with E-state index in [2.05, 4.69) is 43.6 Å². The van der Waals surface area contributed by atoms with Crippen molar-refractivity contribution in [2.24, 2.45) is 0 Å². The highest BCUT2D eigenvalue weighted by Gasteiger charge is 1.95. The first-order chi connectivity index (χ1) is 7.24. The van der Waals surface area contributed by atoms with E-state index in [0.29, 0.717) is 0 Å². The molecule has 0 aromatic heterocycles. The van der Waals surface area contributed by atoms with Gasteiger partial charge in [-0.2, -0.15) is 11.8 Å². The van der Waals surface area contributed by atoms with Crippen LogP contribution < -0.4 is 5.32 Å². The van der Waals surface area contributed by atoms with Gasteiger partial charge in [0.15, 0.2) is 0 Å². The van der Waals surface area contributed by atoms with Crippen LogP contribution in [-0.4, -0.2) is 18.6 Å². The van der Waals surface area contributed by atoms with Crippen LogP contribution in [0, 0.1) is 13.8 Å². The number of hydrogen-bond donors (Lipinski definition) is 1. The van der Waals surface area contributed by atoms with Crippen LogP contribution in [0.25, 0.3) is 0 Å². The Labute approximate surface area is 97.7 Å². The summed E-state index contributed by atoms with van der Waals surface area (Å²) in [6.07, 6.45) is 3.41. The molecule has 1 rings (SSSR count). The number of hydrogen-bond acceptors (Lipinski definition) is 2. The first-order valence-corrected chi connectivity index (χ1v) is 6.89. The van der Waals surface area contributed by atoms with E-state index in [1.807, 2.05) is 11.8 Å². The van der Waals surface area contributed by atoms with E-state index in [1.165, 1.54) is 28.9 Å². The molecule has 0 aliphatic carbocycles. The number of nitrogens with one attached hydrogen (secondary N) is 1. The predicted molar refractivity (Wildman–Crippen MR) is 70.6 cm³/mol. The average molecular weight is 223 g/mol. The minimum atomic E-state index is 0.996. The molecule has 0 saturated heterocycles. The molecular weight excluding hydrogens is 202 g/mol. The standard InChI is InChI=1S/C13H21NS/c1-11-5-6-13(9-12(11)2)10-14-7-4-8-15-3/h5-6,9,14H,4,7-8,10H2,1-3H3. The lowest BCUT2D eigenvalue weighted by Gasteiger charge is -2.06. The van der Waals surface area contributed by atoms with Crippen LogP contribution in [0.1, 0.15) is 23.1 Å². The summed E-state index contributed by atoms with van der Waals surface area (Å²) in [5.74, 6) is 1.25. The maximum Gasteiger partial charge on any atom is 0.0205 e. The summed E-state index contributed by atoms with van der Waals surface area (Å²) in [6, 6.07) is 6.69. The van der Waals surface area contributed by atoms with Crippen molar-refractivity contribution in [3.05, 3.63) is 34.9 Å². The Morgan fingerprint density at radius 3 is 2.67 bits per heavy atom.